The quantitative estimate of drug-likeness (QED) is 0.389. The van der Waals surface area contributed by atoms with Gasteiger partial charge in [0, 0.05) is 19.4 Å². The minimum atomic E-state index is -0.0950. The van der Waals surface area contributed by atoms with Crippen LogP contribution in [0, 0.1) is 6.92 Å². The van der Waals surface area contributed by atoms with Gasteiger partial charge in [-0.3, -0.25) is 18.6 Å². The molecule has 0 fully saturated rings. The molecule has 2 aromatic heterocycles. The van der Waals surface area contributed by atoms with Crippen LogP contribution in [0.15, 0.2) is 65.0 Å². The maximum atomic E-state index is 13.4. The number of hydrogen-bond acceptors (Lipinski definition) is 4. The van der Waals surface area contributed by atoms with Gasteiger partial charge in [0.15, 0.2) is 0 Å². The molecule has 0 saturated heterocycles. The van der Waals surface area contributed by atoms with Gasteiger partial charge in [0.2, 0.25) is 11.7 Å². The van der Waals surface area contributed by atoms with Gasteiger partial charge in [-0.2, -0.15) is 0 Å². The van der Waals surface area contributed by atoms with Gasteiger partial charge in [-0.25, -0.2) is 0 Å². The molecule has 0 aliphatic heterocycles. The first-order chi connectivity index (χ1) is 17.1. The van der Waals surface area contributed by atoms with Gasteiger partial charge in [-0.15, -0.1) is 10.2 Å². The molecular formula is C28H31N5O2. The molecule has 2 aromatic carbocycles. The third-order valence-electron chi connectivity index (χ3n) is 6.77. The number of aryl methyl sites for hydroxylation is 2. The maximum absolute atomic E-state index is 13.4. The summed E-state index contributed by atoms with van der Waals surface area (Å²) in [6, 6.07) is 15.6. The van der Waals surface area contributed by atoms with E-state index in [1.165, 1.54) is 24.0 Å². The summed E-state index contributed by atoms with van der Waals surface area (Å²) >= 11 is 0. The van der Waals surface area contributed by atoms with Crippen molar-refractivity contribution in [3.63, 3.8) is 0 Å². The van der Waals surface area contributed by atoms with Crippen molar-refractivity contribution in [1.29, 1.82) is 0 Å². The van der Waals surface area contributed by atoms with Crippen molar-refractivity contribution in [3.8, 4) is 0 Å². The van der Waals surface area contributed by atoms with Crippen LogP contribution in [-0.4, -0.2) is 31.6 Å². The Balaban J connectivity index is 1.38. The van der Waals surface area contributed by atoms with Crippen molar-refractivity contribution in [1.82, 2.24) is 24.5 Å². The first-order valence-electron chi connectivity index (χ1n) is 12.5. The highest BCUT2D eigenvalue weighted by atomic mass is 16.1. The number of rotatable bonds is 8. The second-order valence-electron chi connectivity index (χ2n) is 9.35. The molecule has 0 bridgehead atoms. The minimum Gasteiger partial charge on any atom is -0.356 e. The molecule has 0 spiro atoms. The smallest absolute Gasteiger partial charge is 0.263 e. The fourth-order valence-corrected chi connectivity index (χ4v) is 4.80. The molecule has 0 radical (unpaired) electrons. The molecule has 7 nitrogen and oxygen atoms in total. The number of para-hydroxylation sites is 1. The van der Waals surface area contributed by atoms with Crippen molar-refractivity contribution < 1.29 is 4.79 Å². The van der Waals surface area contributed by atoms with E-state index >= 15 is 0 Å². The Morgan fingerprint density at radius 2 is 1.86 bits per heavy atom. The molecule has 5 rings (SSSR count). The number of fused-ring (bicyclic) bond motifs is 3. The molecular weight excluding hydrogens is 438 g/mol. The van der Waals surface area contributed by atoms with Crippen LogP contribution in [0.3, 0.4) is 0 Å². The van der Waals surface area contributed by atoms with E-state index in [1.807, 2.05) is 59.9 Å². The van der Waals surface area contributed by atoms with Crippen molar-refractivity contribution in [2.45, 2.75) is 58.4 Å². The summed E-state index contributed by atoms with van der Waals surface area (Å²) in [6.07, 6.45) is 8.85. The summed E-state index contributed by atoms with van der Waals surface area (Å²) in [4.78, 5) is 25.9. The standard InChI is InChI=1S/C28H31N5O2/c1-20-11-13-22(14-12-20)19-32-27(35)23-9-5-6-10-24(23)33-25(30-31-28(32)33)15-16-26(34)29-18-17-21-7-3-2-4-8-21/h5-7,9-14H,2-4,8,15-19H2,1H3,(H,29,34). The van der Waals surface area contributed by atoms with Crippen LogP contribution in [0.25, 0.3) is 16.7 Å². The third kappa shape index (κ3) is 5.04. The second-order valence-corrected chi connectivity index (χ2v) is 9.35. The molecule has 1 amide bonds. The fourth-order valence-electron chi connectivity index (χ4n) is 4.80. The first-order valence-corrected chi connectivity index (χ1v) is 12.5. The lowest BCUT2D eigenvalue weighted by molar-refractivity contribution is -0.121. The molecule has 1 aliphatic carbocycles. The molecule has 35 heavy (non-hydrogen) atoms. The van der Waals surface area contributed by atoms with Gasteiger partial charge in [0.05, 0.1) is 17.4 Å². The number of hydrogen-bond donors (Lipinski definition) is 1. The Hall–Kier alpha value is -3.74. The third-order valence-corrected chi connectivity index (χ3v) is 6.77. The molecule has 2 heterocycles. The summed E-state index contributed by atoms with van der Waals surface area (Å²) in [7, 11) is 0. The predicted molar refractivity (Wildman–Crippen MR) is 138 cm³/mol. The maximum Gasteiger partial charge on any atom is 0.263 e. The number of aromatic nitrogens is 4. The van der Waals surface area contributed by atoms with Crippen LogP contribution in [0.5, 0.6) is 0 Å². The number of amides is 1. The van der Waals surface area contributed by atoms with E-state index in [9.17, 15) is 9.59 Å². The average molecular weight is 470 g/mol. The topological polar surface area (TPSA) is 81.3 Å². The zero-order valence-electron chi connectivity index (χ0n) is 20.2. The predicted octanol–water partition coefficient (Wildman–Crippen LogP) is 4.34. The van der Waals surface area contributed by atoms with Crippen LogP contribution in [0.1, 0.15) is 55.5 Å². The molecule has 1 N–H and O–H groups in total. The largest absolute Gasteiger partial charge is 0.356 e. The van der Waals surface area contributed by atoms with E-state index < -0.39 is 0 Å². The van der Waals surface area contributed by atoms with Crippen molar-refractivity contribution >= 4 is 22.6 Å². The number of nitrogens with zero attached hydrogens (tertiary/aromatic N) is 4. The van der Waals surface area contributed by atoms with Crippen LogP contribution in [0.4, 0.5) is 0 Å². The first kappa shape index (κ1) is 23.0. The summed E-state index contributed by atoms with van der Waals surface area (Å²) < 4.78 is 3.59. The van der Waals surface area contributed by atoms with E-state index in [1.54, 1.807) is 4.57 Å². The van der Waals surface area contributed by atoms with Crippen LogP contribution < -0.4 is 10.9 Å². The van der Waals surface area contributed by atoms with Gasteiger partial charge in [0.1, 0.15) is 5.82 Å². The zero-order valence-corrected chi connectivity index (χ0v) is 20.2. The summed E-state index contributed by atoms with van der Waals surface area (Å²) in [6.45, 7) is 3.12. The van der Waals surface area contributed by atoms with Crippen LogP contribution in [-0.2, 0) is 17.8 Å². The number of benzene rings is 2. The van der Waals surface area contributed by atoms with Crippen molar-refractivity contribution in [2.75, 3.05) is 6.54 Å². The van der Waals surface area contributed by atoms with Crippen molar-refractivity contribution in [3.05, 3.63) is 87.5 Å². The zero-order chi connectivity index (χ0) is 24.2. The highest BCUT2D eigenvalue weighted by Crippen LogP contribution is 2.20. The highest BCUT2D eigenvalue weighted by Gasteiger charge is 2.17. The SMILES string of the molecule is Cc1ccc(Cn2c(=O)c3ccccc3n3c(CCC(=O)NCCC4=CCCCC4)nnc23)cc1. The number of nitrogens with one attached hydrogen (secondary N) is 1. The van der Waals surface area contributed by atoms with Crippen LogP contribution in [0.2, 0.25) is 0 Å². The highest BCUT2D eigenvalue weighted by molar-refractivity contribution is 5.80. The fraction of sp³-hybridized carbons (Fsp3) is 0.357. The van der Waals surface area contributed by atoms with Crippen LogP contribution >= 0.6 is 0 Å². The summed E-state index contributed by atoms with van der Waals surface area (Å²) in [5.74, 6) is 1.18. The van der Waals surface area contributed by atoms with Gasteiger partial charge < -0.3 is 5.32 Å². The van der Waals surface area contributed by atoms with E-state index in [-0.39, 0.29) is 11.5 Å². The van der Waals surface area contributed by atoms with Gasteiger partial charge >= 0.3 is 0 Å². The van der Waals surface area contributed by atoms with Gasteiger partial charge in [0.25, 0.3) is 5.56 Å². The second kappa shape index (κ2) is 10.3. The number of allylic oxidation sites excluding steroid dienone is 1. The van der Waals surface area contributed by atoms with Gasteiger partial charge in [-0.1, -0.05) is 53.6 Å². The van der Waals surface area contributed by atoms with Crippen molar-refractivity contribution in [2.24, 2.45) is 0 Å². The Labute approximate surface area is 204 Å². The average Bonchev–Trinajstić information content (AvgIpc) is 3.31. The molecule has 0 unspecified atom stereocenters. The lowest BCUT2D eigenvalue weighted by Crippen LogP contribution is -2.26. The molecule has 4 aromatic rings. The lowest BCUT2D eigenvalue weighted by atomic mass is 9.97. The van der Waals surface area contributed by atoms with E-state index in [4.69, 9.17) is 0 Å². The molecule has 1 aliphatic rings. The normalized spacial score (nSPS) is 13.8. The lowest BCUT2D eigenvalue weighted by Gasteiger charge is -2.13. The monoisotopic (exact) mass is 469 g/mol. The number of carbonyl (C=O) groups excluding carboxylic acids is 1. The Morgan fingerprint density at radius 1 is 1.03 bits per heavy atom. The summed E-state index contributed by atoms with van der Waals surface area (Å²) in [5, 5.41) is 12.4. The molecule has 7 heteroatoms. The molecule has 0 atom stereocenters. The molecule has 180 valence electrons. The Morgan fingerprint density at radius 3 is 2.66 bits per heavy atom. The van der Waals surface area contributed by atoms with Gasteiger partial charge in [-0.05, 0) is 56.7 Å². The summed E-state index contributed by atoms with van der Waals surface area (Å²) in [5.41, 5.74) is 4.31. The number of carbonyl (C=O) groups is 1. The molecule has 0 saturated carbocycles. The Kier molecular flexibility index (Phi) is 6.75. The van der Waals surface area contributed by atoms with E-state index in [0.29, 0.717) is 42.9 Å². The van der Waals surface area contributed by atoms with E-state index in [2.05, 4.69) is 21.6 Å². The van der Waals surface area contributed by atoms with E-state index in [0.717, 1.165) is 30.3 Å². The minimum absolute atomic E-state index is 0.00967. The Bertz CT molecular complexity index is 1450.